The van der Waals surface area contributed by atoms with Gasteiger partial charge in [0.15, 0.2) is 0 Å². The molecule has 4 heteroatoms. The van der Waals surface area contributed by atoms with Crippen LogP contribution in [0.4, 0.5) is 0 Å². The van der Waals surface area contributed by atoms with Gasteiger partial charge in [-0.1, -0.05) is 11.6 Å². The van der Waals surface area contributed by atoms with Crippen LogP contribution >= 0.6 is 11.6 Å². The van der Waals surface area contributed by atoms with Gasteiger partial charge in [-0.25, -0.2) is 0 Å². The summed E-state index contributed by atoms with van der Waals surface area (Å²) < 4.78 is 5.02. The largest absolute Gasteiger partial charge is 0.506 e. The van der Waals surface area contributed by atoms with Gasteiger partial charge in [-0.05, 0) is 18.6 Å². The van der Waals surface area contributed by atoms with Gasteiger partial charge in [0.2, 0.25) is 0 Å². The highest BCUT2D eigenvalue weighted by Gasteiger charge is 2.13. The van der Waals surface area contributed by atoms with Crippen molar-refractivity contribution >= 4 is 11.6 Å². The fraction of sp³-hybridized carbons (Fsp3) is 0.333. The van der Waals surface area contributed by atoms with Crippen molar-refractivity contribution < 1.29 is 9.84 Å². The number of rotatable bonds is 2. The normalized spacial score (nSPS) is 10.2. The molecule has 3 N–H and O–H groups in total. The van der Waals surface area contributed by atoms with Crippen LogP contribution in [0.15, 0.2) is 6.07 Å². The van der Waals surface area contributed by atoms with Crippen molar-refractivity contribution in [1.82, 2.24) is 0 Å². The zero-order valence-electron chi connectivity index (χ0n) is 7.60. The molecule has 0 spiro atoms. The van der Waals surface area contributed by atoms with Gasteiger partial charge < -0.3 is 15.6 Å². The first-order valence-electron chi connectivity index (χ1n) is 3.86. The molecule has 0 fully saturated rings. The van der Waals surface area contributed by atoms with E-state index in [1.54, 1.807) is 6.07 Å². The molecule has 0 amide bonds. The first-order chi connectivity index (χ1) is 6.11. The van der Waals surface area contributed by atoms with Crippen LogP contribution in [0.1, 0.15) is 11.1 Å². The Bertz CT molecular complexity index is 326. The lowest BCUT2D eigenvalue weighted by atomic mass is 10.1. The second-order valence-electron chi connectivity index (χ2n) is 2.75. The molecule has 13 heavy (non-hydrogen) atoms. The summed E-state index contributed by atoms with van der Waals surface area (Å²) >= 11 is 5.85. The van der Waals surface area contributed by atoms with Gasteiger partial charge in [-0.15, -0.1) is 0 Å². The highest BCUT2D eigenvalue weighted by Crippen LogP contribution is 2.38. The quantitative estimate of drug-likeness (QED) is 0.768. The number of nitrogens with two attached hydrogens (primary N) is 1. The minimum atomic E-state index is 0.00613. The van der Waals surface area contributed by atoms with Gasteiger partial charge in [0.05, 0.1) is 7.11 Å². The molecule has 1 rings (SSSR count). The van der Waals surface area contributed by atoms with Gasteiger partial charge in [0.1, 0.15) is 16.5 Å². The van der Waals surface area contributed by atoms with Crippen molar-refractivity contribution in [2.45, 2.75) is 13.5 Å². The Labute approximate surface area is 82.1 Å². The number of ether oxygens (including phenoxy) is 1. The van der Waals surface area contributed by atoms with Crippen LogP contribution < -0.4 is 10.5 Å². The first-order valence-corrected chi connectivity index (χ1v) is 4.24. The molecule has 1 aromatic rings. The zero-order valence-corrected chi connectivity index (χ0v) is 8.35. The van der Waals surface area contributed by atoms with Gasteiger partial charge in [-0.2, -0.15) is 0 Å². The molecule has 0 saturated carbocycles. The predicted molar refractivity (Wildman–Crippen MR) is 52.3 cm³/mol. The topological polar surface area (TPSA) is 55.5 Å². The van der Waals surface area contributed by atoms with Crippen LogP contribution in [0.3, 0.4) is 0 Å². The van der Waals surface area contributed by atoms with Crippen LogP contribution in [0, 0.1) is 6.92 Å². The van der Waals surface area contributed by atoms with Crippen molar-refractivity contribution in [1.29, 1.82) is 0 Å². The number of benzene rings is 1. The van der Waals surface area contributed by atoms with Gasteiger partial charge in [-0.3, -0.25) is 0 Å². The molecule has 0 aliphatic carbocycles. The van der Waals surface area contributed by atoms with Crippen molar-refractivity contribution in [3.8, 4) is 11.5 Å². The van der Waals surface area contributed by atoms with Crippen molar-refractivity contribution in [2.75, 3.05) is 7.11 Å². The lowest BCUT2D eigenvalue weighted by Crippen LogP contribution is -1.99. The van der Waals surface area contributed by atoms with Crippen LogP contribution in [-0.4, -0.2) is 12.2 Å². The average molecular weight is 202 g/mol. The molecular weight excluding hydrogens is 190 g/mol. The maximum atomic E-state index is 9.54. The Morgan fingerprint density at radius 1 is 1.62 bits per heavy atom. The second kappa shape index (κ2) is 3.85. The van der Waals surface area contributed by atoms with E-state index in [0.29, 0.717) is 11.3 Å². The number of aromatic hydroxyl groups is 1. The minimum absolute atomic E-state index is 0.00613. The van der Waals surface area contributed by atoms with E-state index in [1.165, 1.54) is 7.11 Å². The Hall–Kier alpha value is -0.930. The number of halogens is 1. The fourth-order valence-electron chi connectivity index (χ4n) is 1.22. The van der Waals surface area contributed by atoms with E-state index in [0.717, 1.165) is 5.56 Å². The van der Waals surface area contributed by atoms with Crippen LogP contribution in [0.5, 0.6) is 11.5 Å². The summed E-state index contributed by atoms with van der Waals surface area (Å²) in [5, 5.41) is 9.77. The van der Waals surface area contributed by atoms with Gasteiger partial charge >= 0.3 is 0 Å². The van der Waals surface area contributed by atoms with E-state index in [2.05, 4.69) is 0 Å². The summed E-state index contributed by atoms with van der Waals surface area (Å²) in [6, 6.07) is 1.76. The third-order valence-corrected chi connectivity index (χ3v) is 2.24. The Balaban J connectivity index is 3.37. The lowest BCUT2D eigenvalue weighted by Gasteiger charge is -2.11. The maximum Gasteiger partial charge on any atom is 0.144 e. The molecule has 0 radical (unpaired) electrons. The summed E-state index contributed by atoms with van der Waals surface area (Å²) in [7, 11) is 1.51. The molecule has 1 aromatic carbocycles. The molecule has 3 nitrogen and oxygen atoms in total. The second-order valence-corrected chi connectivity index (χ2v) is 3.13. The van der Waals surface area contributed by atoms with Crippen LogP contribution in [0.25, 0.3) is 0 Å². The molecule has 0 aliphatic heterocycles. The van der Waals surface area contributed by atoms with Crippen LogP contribution in [0.2, 0.25) is 5.02 Å². The Morgan fingerprint density at radius 2 is 2.23 bits per heavy atom. The number of aryl methyl sites for hydroxylation is 1. The zero-order chi connectivity index (χ0) is 10.0. The molecule has 0 saturated heterocycles. The summed E-state index contributed by atoms with van der Waals surface area (Å²) in [6.45, 7) is 2.11. The van der Waals surface area contributed by atoms with E-state index in [1.807, 2.05) is 6.92 Å². The smallest absolute Gasteiger partial charge is 0.144 e. The van der Waals surface area contributed by atoms with E-state index in [-0.39, 0.29) is 17.3 Å². The monoisotopic (exact) mass is 201 g/mol. The summed E-state index contributed by atoms with van der Waals surface area (Å²) in [4.78, 5) is 0. The molecule has 0 atom stereocenters. The number of hydrogen-bond donors (Lipinski definition) is 2. The Kier molecular flexibility index (Phi) is 3.01. The molecule has 0 aromatic heterocycles. The highest BCUT2D eigenvalue weighted by molar-refractivity contribution is 6.33. The Morgan fingerprint density at radius 3 is 2.69 bits per heavy atom. The van der Waals surface area contributed by atoms with Crippen LogP contribution in [-0.2, 0) is 6.54 Å². The van der Waals surface area contributed by atoms with E-state index < -0.39 is 0 Å². The summed E-state index contributed by atoms with van der Waals surface area (Å²) in [5.74, 6) is 0.503. The molecular formula is C9H12ClNO2. The van der Waals surface area contributed by atoms with Crippen molar-refractivity contribution in [3.05, 3.63) is 22.2 Å². The highest BCUT2D eigenvalue weighted by atomic mass is 35.5. The van der Waals surface area contributed by atoms with Crippen molar-refractivity contribution in [3.63, 3.8) is 0 Å². The predicted octanol–water partition coefficient (Wildman–Crippen LogP) is 1.82. The maximum absolute atomic E-state index is 9.54. The SMILES string of the molecule is COc1c(C)cc(CN)c(O)c1Cl. The third kappa shape index (κ3) is 1.71. The minimum Gasteiger partial charge on any atom is -0.506 e. The van der Waals surface area contributed by atoms with E-state index in [4.69, 9.17) is 22.1 Å². The third-order valence-electron chi connectivity index (χ3n) is 1.88. The number of phenols is 1. The van der Waals surface area contributed by atoms with Gasteiger partial charge in [0, 0.05) is 12.1 Å². The average Bonchev–Trinajstić information content (AvgIpc) is 2.12. The molecule has 0 unspecified atom stereocenters. The molecule has 72 valence electrons. The van der Waals surface area contributed by atoms with Crippen molar-refractivity contribution in [2.24, 2.45) is 5.73 Å². The van der Waals surface area contributed by atoms with Gasteiger partial charge in [0.25, 0.3) is 0 Å². The number of methoxy groups -OCH3 is 1. The number of phenolic OH excluding ortho intramolecular Hbond substituents is 1. The summed E-state index contributed by atoms with van der Waals surface area (Å²) in [5.41, 5.74) is 6.91. The molecule has 0 aliphatic rings. The lowest BCUT2D eigenvalue weighted by molar-refractivity contribution is 0.404. The van der Waals surface area contributed by atoms with E-state index in [9.17, 15) is 5.11 Å². The molecule has 0 heterocycles. The standard InChI is InChI=1S/C9H12ClNO2/c1-5-3-6(4-11)8(12)7(10)9(5)13-2/h3,12H,4,11H2,1-2H3. The molecule has 0 bridgehead atoms. The summed E-state index contributed by atoms with van der Waals surface area (Å²) in [6.07, 6.45) is 0. The first kappa shape index (κ1) is 10.2. The van der Waals surface area contributed by atoms with E-state index >= 15 is 0 Å². The fourth-order valence-corrected chi connectivity index (χ4v) is 1.57. The number of hydrogen-bond acceptors (Lipinski definition) is 3.